The van der Waals surface area contributed by atoms with Gasteiger partial charge in [-0.2, -0.15) is 36.6 Å². The molecule has 0 radical (unpaired) electrons. The average Bonchev–Trinajstić information content (AvgIpc) is 0.886. The summed E-state index contributed by atoms with van der Waals surface area (Å²) in [5.74, 6) is -6.75. The van der Waals surface area contributed by atoms with Gasteiger partial charge in [-0.3, -0.25) is 30.3 Å². The number of carbonyl (C=O) groups is 3. The molecule has 0 aliphatic carbocycles. The summed E-state index contributed by atoms with van der Waals surface area (Å²) in [4.78, 5) is 34.5. The number of guanidine groups is 5. The Bertz CT molecular complexity index is 3720. The van der Waals surface area contributed by atoms with Crippen molar-refractivity contribution in [3.8, 4) is 27.0 Å². The number of nitrogens with zero attached hydrogens (tertiary/aromatic N) is 7. The lowest BCUT2D eigenvalue weighted by Crippen LogP contribution is -3.01. The molecule has 0 aromatic heterocycles. The van der Waals surface area contributed by atoms with E-state index in [0.717, 1.165) is 47.0 Å². The van der Waals surface area contributed by atoms with E-state index < -0.39 is 72.9 Å². The molecule has 5 aromatic rings. The van der Waals surface area contributed by atoms with Crippen LogP contribution < -0.4 is 56.9 Å². The van der Waals surface area contributed by atoms with Crippen molar-refractivity contribution in [1.82, 2.24) is 0 Å². The fourth-order valence-electron chi connectivity index (χ4n) is 4.59. The Hall–Kier alpha value is -11.8. The van der Waals surface area contributed by atoms with Gasteiger partial charge in [0.2, 0.25) is 11.9 Å². The summed E-state index contributed by atoms with van der Waals surface area (Å²) in [7, 11) is -18.5. The molecule has 0 fully saturated rings. The van der Waals surface area contributed by atoms with E-state index in [1.165, 1.54) is 108 Å². The number of nitrogens with two attached hydrogens (primary N) is 10. The van der Waals surface area contributed by atoms with Crippen molar-refractivity contribution in [1.29, 1.82) is 42.5 Å². The van der Waals surface area contributed by atoms with Crippen LogP contribution in [0.5, 0.6) is 0 Å². The SMILES string of the molecule is CC(=O)N=C(N)N.CC(=O)O.CC(=O)O.CC(O)([OH2+])[NH2+]C(=N)N.CC([OH2+])([OH2+])N=C(N)N.Cc1ccc(S(=O)(=O)C#N)cc1.Cc1ccc(S(=O)(=O)C#N)cc1.Cc1ccc(S(=O)(=O)C#N)cc1.Cc1ccc(S(=O)(=O)C#N)cc1.Cc1ccc(S(=O)(=O)C#N)cc1.N=C(N)N.N=C(N)N.O. The summed E-state index contributed by atoms with van der Waals surface area (Å²) >= 11 is 0. The van der Waals surface area contributed by atoms with Gasteiger partial charge in [-0.05, 0) is 95.3 Å². The zero-order chi connectivity index (χ0) is 79.7. The quantitative estimate of drug-likeness (QED) is 0.0186. The smallest absolute Gasteiger partial charge is 0.475 e. The van der Waals surface area contributed by atoms with Gasteiger partial charge in [-0.1, -0.05) is 93.5 Å². The number of hydrogen-bond acceptors (Lipinski definition) is 23. The summed E-state index contributed by atoms with van der Waals surface area (Å²) < 4.78 is 110. The minimum Gasteiger partial charge on any atom is -0.481 e. The summed E-state index contributed by atoms with van der Waals surface area (Å²) in [6, 6.07) is 30.8. The van der Waals surface area contributed by atoms with Crippen LogP contribution in [0.1, 0.15) is 62.4 Å². The topological polar surface area (TPSA) is 849 Å². The van der Waals surface area contributed by atoms with Crippen LogP contribution in [0, 0.1) is 104 Å². The van der Waals surface area contributed by atoms with Gasteiger partial charge in [-0.25, -0.2) is 47.5 Å². The lowest BCUT2D eigenvalue weighted by molar-refractivity contribution is -0.728. The molecule has 0 spiro atoms. The zero-order valence-electron chi connectivity index (χ0n) is 55.1. The standard InChI is InChI=1S/5C8H7NO2S.2C3H9N3O2.C3H7N3O.2C2H4O2.2CH5N3.H2O/c5*1-7-2-4-8(5-3-7)12(10,11)6-9;2*1-3(7,8)6-2(4)5;1-2(7)6-3(4)5;2*1-2(3)4;2*2-1(3)4;/h5*2-5H,1H3;2*7-8H,1H3,(H4,4,5,6);1H3,(H4,4,5,6,7);2*1H3,(H,3,4);2*(H5,2,3,4);1H2/p+4. The highest BCUT2D eigenvalue weighted by atomic mass is 32.2. The van der Waals surface area contributed by atoms with Crippen LogP contribution in [0.2, 0.25) is 0 Å². The number of nitriles is 5. The molecule has 1 atom stereocenters. The van der Waals surface area contributed by atoms with Gasteiger partial charge in [0.1, 0.15) is 13.8 Å². The van der Waals surface area contributed by atoms with Crippen molar-refractivity contribution < 1.29 is 97.9 Å². The highest BCUT2D eigenvalue weighted by molar-refractivity contribution is 7.97. The lowest BCUT2D eigenvalue weighted by Gasteiger charge is -2.05. The number of carbonyl (C=O) groups excluding carboxylic acids is 1. The summed E-state index contributed by atoms with van der Waals surface area (Å²) in [5.41, 5.74) is 46.9. The molecule has 5 aromatic carbocycles. The van der Waals surface area contributed by atoms with Gasteiger partial charge < -0.3 is 82.6 Å². The maximum Gasteiger partial charge on any atom is 0.475 e. The molecule has 5 rings (SSSR count). The fourth-order valence-corrected chi connectivity index (χ4v) is 7.59. The number of aliphatic imine (C=N–C) groups is 2. The number of carboxylic acid groups (broad SMARTS) is 2. The number of aryl methyl sites for hydroxylation is 5. The molecule has 0 heterocycles. The number of sulfone groups is 5. The Kier molecular flexibility index (Phi) is 53.7. The number of nitrogens with one attached hydrogen (secondary N) is 3. The van der Waals surface area contributed by atoms with Crippen LogP contribution in [0.3, 0.4) is 0 Å². The zero-order valence-corrected chi connectivity index (χ0v) is 59.2. The van der Waals surface area contributed by atoms with Crippen molar-refractivity contribution in [2.75, 3.05) is 0 Å². The third kappa shape index (κ3) is 66.2. The van der Waals surface area contributed by atoms with E-state index in [-0.39, 0.29) is 65.7 Å². The normalized spacial score (nSPS) is 10.2. The summed E-state index contributed by atoms with van der Waals surface area (Å²) in [6.07, 6.45) is 0. The second-order valence-corrected chi connectivity index (χ2v) is 26.7. The van der Waals surface area contributed by atoms with Crippen LogP contribution in [0.4, 0.5) is 0 Å². The van der Waals surface area contributed by atoms with E-state index in [9.17, 15) is 46.9 Å². The third-order valence-corrected chi connectivity index (χ3v) is 14.0. The molecular weight excluding hydrogens is 1420 g/mol. The van der Waals surface area contributed by atoms with Crippen LogP contribution >= 0.6 is 0 Å². The maximum atomic E-state index is 11.0. The Labute approximate surface area is 577 Å². The van der Waals surface area contributed by atoms with E-state index in [2.05, 4.69) is 32.9 Å². The molecule has 100 heavy (non-hydrogen) atoms. The fraction of sp³-hybridized carbons (Fsp3) is 0.218. The molecule has 34 N–H and O–H groups in total. The highest BCUT2D eigenvalue weighted by Crippen LogP contribution is 2.14. The minimum atomic E-state index is -3.71. The first-order chi connectivity index (χ1) is 44.7. The van der Waals surface area contributed by atoms with Crippen LogP contribution in [0.15, 0.2) is 156 Å². The molecule has 0 bridgehead atoms. The Morgan fingerprint density at radius 3 is 0.620 bits per heavy atom. The molecule has 40 nitrogen and oxygen atoms in total. The van der Waals surface area contributed by atoms with Crippen molar-refractivity contribution in [2.45, 2.75) is 106 Å². The number of aliphatic hydroxyl groups is 1. The van der Waals surface area contributed by atoms with Crippen molar-refractivity contribution in [3.05, 3.63) is 149 Å². The number of benzene rings is 5. The Balaban J connectivity index is -0.000000157. The number of hydrogen-bond donors (Lipinski definition) is 16. The molecule has 550 valence electrons. The predicted molar refractivity (Wildman–Crippen MR) is 368 cm³/mol. The van der Waals surface area contributed by atoms with Gasteiger partial charge >= 0.3 is 11.8 Å². The summed E-state index contributed by atoms with van der Waals surface area (Å²) in [5, 5.41) is 111. The first kappa shape index (κ1) is 104. The number of amides is 1. The van der Waals surface area contributed by atoms with E-state index in [1.54, 1.807) is 60.7 Å². The number of carboxylic acids is 2. The van der Waals surface area contributed by atoms with E-state index in [4.69, 9.17) is 111 Å². The van der Waals surface area contributed by atoms with Gasteiger partial charge in [0.15, 0.2) is 44.9 Å². The maximum absolute atomic E-state index is 11.0. The van der Waals surface area contributed by atoms with Gasteiger partial charge in [0, 0.05) is 20.8 Å². The van der Waals surface area contributed by atoms with Crippen LogP contribution in [-0.4, -0.2) is 138 Å². The number of rotatable bonds is 7. The van der Waals surface area contributed by atoms with Crippen molar-refractivity contribution in [3.63, 3.8) is 0 Å². The second-order valence-electron chi connectivity index (χ2n) is 18.4. The van der Waals surface area contributed by atoms with Crippen LogP contribution in [0.25, 0.3) is 0 Å². The number of thiocyanates is 5. The predicted octanol–water partition coefficient (Wildman–Crippen LogP) is -3.69. The average molecular weight is 1510 g/mol. The van der Waals surface area contributed by atoms with Gasteiger partial charge in [-0.15, -0.1) is 0 Å². The number of quaternary nitrogens is 1. The van der Waals surface area contributed by atoms with Gasteiger partial charge in [0.05, 0.1) is 24.5 Å². The molecule has 45 heteroatoms. The molecule has 1 unspecified atom stereocenters. The molecule has 0 saturated heterocycles. The largest absolute Gasteiger partial charge is 0.481 e. The van der Waals surface area contributed by atoms with Crippen LogP contribution in [-0.2, 0) is 63.6 Å². The van der Waals surface area contributed by atoms with Crippen molar-refractivity contribution in [2.24, 2.45) is 61.6 Å². The first-order valence-corrected chi connectivity index (χ1v) is 33.2. The second kappa shape index (κ2) is 51.5. The number of aliphatic carboxylic acids is 2. The molecule has 1 amide bonds. The lowest BCUT2D eigenvalue weighted by atomic mass is 10.2. The van der Waals surface area contributed by atoms with Crippen molar-refractivity contribution >= 4 is 96.8 Å². The molecule has 0 aliphatic heterocycles. The van der Waals surface area contributed by atoms with Gasteiger partial charge in [0.25, 0.3) is 67.1 Å². The Morgan fingerprint density at radius 1 is 0.420 bits per heavy atom. The monoisotopic (exact) mass is 1500 g/mol. The molecule has 0 saturated carbocycles. The summed E-state index contributed by atoms with van der Waals surface area (Å²) in [6.45, 7) is 15.2. The highest BCUT2D eigenvalue weighted by Gasteiger charge is 2.26. The molecule has 0 aliphatic rings. The van der Waals surface area contributed by atoms with E-state index in [0.29, 0.717) is 0 Å². The molecular formula is C55H84N20O20S5+4. The Morgan fingerprint density at radius 2 is 0.570 bits per heavy atom. The third-order valence-electron chi connectivity index (χ3n) is 8.33. The van der Waals surface area contributed by atoms with E-state index in [1.807, 2.05) is 34.6 Å². The van der Waals surface area contributed by atoms with E-state index >= 15 is 0 Å². The first-order valence-electron chi connectivity index (χ1n) is 25.8. The minimum absolute atomic E-state index is 0.